The summed E-state index contributed by atoms with van der Waals surface area (Å²) in [5.74, 6) is -3.48. The van der Waals surface area contributed by atoms with Crippen LogP contribution in [-0.2, 0) is 4.74 Å². The molecule has 0 amide bonds. The number of nitrogens with one attached hydrogen (secondary N) is 1. The van der Waals surface area contributed by atoms with Gasteiger partial charge in [-0.3, -0.25) is 0 Å². The van der Waals surface area contributed by atoms with Crippen LogP contribution in [0.1, 0.15) is 49.9 Å². The number of esters is 1. The highest BCUT2D eigenvalue weighted by Gasteiger charge is 2.25. The Labute approximate surface area is 168 Å². The molecule has 28 heavy (non-hydrogen) atoms. The van der Waals surface area contributed by atoms with Gasteiger partial charge in [0.2, 0.25) is 5.82 Å². The Bertz CT molecular complexity index is 814. The van der Waals surface area contributed by atoms with Gasteiger partial charge in [0.15, 0.2) is 11.6 Å². The molecule has 0 fully saturated rings. The lowest BCUT2D eigenvalue weighted by Crippen LogP contribution is -2.13. The van der Waals surface area contributed by atoms with Gasteiger partial charge in [-0.05, 0) is 25.0 Å². The molecule has 2 aromatic rings. The van der Waals surface area contributed by atoms with Crippen LogP contribution >= 0.6 is 11.6 Å². The smallest absolute Gasteiger partial charge is 0.340 e. The summed E-state index contributed by atoms with van der Waals surface area (Å²) in [6.45, 7) is 4.31. The van der Waals surface area contributed by atoms with Gasteiger partial charge >= 0.3 is 5.97 Å². The van der Waals surface area contributed by atoms with Crippen molar-refractivity contribution in [2.24, 2.45) is 0 Å². The standard InChI is InChI=1S/C21H24ClF2NO3/c1-3-5-11-27-17-13-14(21(26)28-12-6-4-2)20(19(24)18(17)23)25-16-10-8-7-9-15(16)22/h7-10,13,25H,3-6,11-12H2,1-2H3. The second kappa shape index (κ2) is 10.9. The van der Waals surface area contributed by atoms with Crippen LogP contribution in [0.15, 0.2) is 30.3 Å². The highest BCUT2D eigenvalue weighted by molar-refractivity contribution is 6.33. The predicted octanol–water partition coefficient (Wildman–Crippen LogP) is 6.50. The molecule has 152 valence electrons. The number of rotatable bonds is 10. The van der Waals surface area contributed by atoms with Crippen LogP contribution in [0, 0.1) is 11.6 Å². The van der Waals surface area contributed by atoms with Crippen molar-refractivity contribution in [3.8, 4) is 5.75 Å². The SMILES string of the molecule is CCCCOC(=O)c1cc(OCCCC)c(F)c(F)c1Nc1ccccc1Cl. The Morgan fingerprint density at radius 1 is 1.07 bits per heavy atom. The molecular formula is C21H24ClF2NO3. The first kappa shape index (κ1) is 22.0. The molecule has 0 atom stereocenters. The summed E-state index contributed by atoms with van der Waals surface area (Å²) in [4.78, 5) is 12.5. The van der Waals surface area contributed by atoms with E-state index in [2.05, 4.69) is 5.32 Å². The molecule has 2 rings (SSSR count). The number of para-hydroxylation sites is 1. The number of benzene rings is 2. The van der Waals surface area contributed by atoms with Crippen molar-refractivity contribution in [2.75, 3.05) is 18.5 Å². The number of hydrogen-bond donors (Lipinski definition) is 1. The van der Waals surface area contributed by atoms with Crippen LogP contribution in [0.25, 0.3) is 0 Å². The van der Waals surface area contributed by atoms with E-state index in [-0.39, 0.29) is 30.2 Å². The van der Waals surface area contributed by atoms with Crippen molar-refractivity contribution in [1.82, 2.24) is 0 Å². The highest BCUT2D eigenvalue weighted by Crippen LogP contribution is 2.35. The van der Waals surface area contributed by atoms with Crippen LogP contribution in [-0.4, -0.2) is 19.2 Å². The van der Waals surface area contributed by atoms with E-state index >= 15 is 0 Å². The van der Waals surface area contributed by atoms with Crippen LogP contribution in [0.4, 0.5) is 20.2 Å². The average molecular weight is 412 g/mol. The second-order valence-corrected chi connectivity index (χ2v) is 6.63. The van der Waals surface area contributed by atoms with Gasteiger partial charge in [-0.1, -0.05) is 50.4 Å². The first-order chi connectivity index (χ1) is 13.5. The van der Waals surface area contributed by atoms with Gasteiger partial charge in [-0.25, -0.2) is 9.18 Å². The van der Waals surface area contributed by atoms with Gasteiger partial charge in [0.1, 0.15) is 0 Å². The first-order valence-corrected chi connectivity index (χ1v) is 9.70. The molecule has 0 spiro atoms. The minimum atomic E-state index is -1.23. The van der Waals surface area contributed by atoms with E-state index in [0.29, 0.717) is 23.6 Å². The Morgan fingerprint density at radius 3 is 2.43 bits per heavy atom. The molecular weight excluding hydrogens is 388 g/mol. The average Bonchev–Trinajstić information content (AvgIpc) is 2.69. The Morgan fingerprint density at radius 2 is 1.75 bits per heavy atom. The third kappa shape index (κ3) is 5.58. The summed E-state index contributed by atoms with van der Waals surface area (Å²) in [6, 6.07) is 7.75. The van der Waals surface area contributed by atoms with E-state index in [9.17, 15) is 13.6 Å². The van der Waals surface area contributed by atoms with Gasteiger partial charge in [-0.2, -0.15) is 4.39 Å². The fourth-order valence-electron chi connectivity index (χ4n) is 2.40. The third-order valence-corrected chi connectivity index (χ3v) is 4.34. The molecule has 0 saturated heterocycles. The molecule has 0 saturated carbocycles. The topological polar surface area (TPSA) is 47.6 Å². The highest BCUT2D eigenvalue weighted by atomic mass is 35.5. The van der Waals surface area contributed by atoms with Gasteiger partial charge in [0, 0.05) is 6.07 Å². The van der Waals surface area contributed by atoms with E-state index in [4.69, 9.17) is 21.1 Å². The summed E-state index contributed by atoms with van der Waals surface area (Å²) in [5.41, 5.74) is -0.152. The van der Waals surface area contributed by atoms with Crippen LogP contribution in [0.3, 0.4) is 0 Å². The second-order valence-electron chi connectivity index (χ2n) is 6.22. The molecule has 7 heteroatoms. The summed E-state index contributed by atoms with van der Waals surface area (Å²) in [6.07, 6.45) is 3.02. The summed E-state index contributed by atoms with van der Waals surface area (Å²) in [5, 5.41) is 3.01. The Balaban J connectivity index is 2.43. The normalized spacial score (nSPS) is 10.6. The van der Waals surface area contributed by atoms with Gasteiger partial charge in [-0.15, -0.1) is 0 Å². The minimum Gasteiger partial charge on any atom is -0.490 e. The van der Waals surface area contributed by atoms with Crippen LogP contribution < -0.4 is 10.1 Å². The van der Waals surface area contributed by atoms with E-state index in [0.717, 1.165) is 12.8 Å². The number of unbranched alkanes of at least 4 members (excludes halogenated alkanes) is 2. The molecule has 0 heterocycles. The van der Waals surface area contributed by atoms with E-state index < -0.39 is 17.6 Å². The molecule has 0 aliphatic heterocycles. The fourth-order valence-corrected chi connectivity index (χ4v) is 2.58. The molecule has 0 aliphatic rings. The molecule has 4 nitrogen and oxygen atoms in total. The van der Waals surface area contributed by atoms with Crippen molar-refractivity contribution in [2.45, 2.75) is 39.5 Å². The lowest BCUT2D eigenvalue weighted by atomic mass is 10.1. The summed E-state index contributed by atoms with van der Waals surface area (Å²) >= 11 is 6.10. The maximum absolute atomic E-state index is 14.8. The van der Waals surface area contributed by atoms with Crippen molar-refractivity contribution in [3.63, 3.8) is 0 Å². The Hall–Kier alpha value is -2.34. The predicted molar refractivity (Wildman–Crippen MR) is 107 cm³/mol. The quantitative estimate of drug-likeness (QED) is 0.358. The van der Waals surface area contributed by atoms with Crippen molar-refractivity contribution >= 4 is 28.9 Å². The summed E-state index contributed by atoms with van der Waals surface area (Å²) < 4.78 is 39.9. The maximum Gasteiger partial charge on any atom is 0.340 e. The Kier molecular flexibility index (Phi) is 8.51. The van der Waals surface area contributed by atoms with E-state index in [1.54, 1.807) is 24.3 Å². The van der Waals surface area contributed by atoms with E-state index in [1.807, 2.05) is 13.8 Å². The maximum atomic E-state index is 14.8. The third-order valence-electron chi connectivity index (χ3n) is 4.01. The monoisotopic (exact) mass is 411 g/mol. The number of halogens is 3. The molecule has 0 aromatic heterocycles. The number of carbonyl (C=O) groups excluding carboxylic acids is 1. The van der Waals surface area contributed by atoms with Gasteiger partial charge < -0.3 is 14.8 Å². The summed E-state index contributed by atoms with van der Waals surface area (Å²) in [7, 11) is 0. The number of ether oxygens (including phenoxy) is 2. The number of hydrogen-bond acceptors (Lipinski definition) is 4. The lowest BCUT2D eigenvalue weighted by molar-refractivity contribution is 0.0499. The largest absolute Gasteiger partial charge is 0.490 e. The zero-order valence-corrected chi connectivity index (χ0v) is 16.7. The van der Waals surface area contributed by atoms with Gasteiger partial charge in [0.05, 0.1) is 35.2 Å². The molecule has 1 N–H and O–H groups in total. The molecule has 0 unspecified atom stereocenters. The zero-order chi connectivity index (χ0) is 20.5. The van der Waals surface area contributed by atoms with Crippen molar-refractivity contribution in [3.05, 3.63) is 52.6 Å². The zero-order valence-electron chi connectivity index (χ0n) is 16.0. The van der Waals surface area contributed by atoms with Crippen LogP contribution in [0.5, 0.6) is 5.75 Å². The first-order valence-electron chi connectivity index (χ1n) is 9.33. The molecule has 2 aromatic carbocycles. The molecule has 0 aliphatic carbocycles. The number of anilines is 2. The number of carbonyl (C=O) groups is 1. The molecule has 0 radical (unpaired) electrons. The fraction of sp³-hybridized carbons (Fsp3) is 0.381. The van der Waals surface area contributed by atoms with E-state index in [1.165, 1.54) is 6.07 Å². The lowest BCUT2D eigenvalue weighted by Gasteiger charge is -2.17. The van der Waals surface area contributed by atoms with Crippen LogP contribution in [0.2, 0.25) is 5.02 Å². The minimum absolute atomic E-state index is 0.151. The van der Waals surface area contributed by atoms with Crippen molar-refractivity contribution < 1.29 is 23.0 Å². The molecule has 0 bridgehead atoms. The van der Waals surface area contributed by atoms with Gasteiger partial charge in [0.25, 0.3) is 0 Å². The van der Waals surface area contributed by atoms with Crippen molar-refractivity contribution in [1.29, 1.82) is 0 Å².